The third kappa shape index (κ3) is 22.0. The van der Waals surface area contributed by atoms with Gasteiger partial charge in [0.05, 0.1) is 0 Å². The van der Waals surface area contributed by atoms with Crippen LogP contribution < -0.4 is 24.0 Å². The van der Waals surface area contributed by atoms with Crippen LogP contribution in [0.3, 0.4) is 0 Å². The van der Waals surface area contributed by atoms with Gasteiger partial charge in [0.25, 0.3) is 0 Å². The Morgan fingerprint density at radius 3 is 1.60 bits per heavy atom. The molecule has 0 atom stereocenters. The van der Waals surface area contributed by atoms with Crippen LogP contribution in [-0.4, -0.2) is 19.3 Å². The fourth-order valence-electron chi connectivity index (χ4n) is 0. The van der Waals surface area contributed by atoms with E-state index in [9.17, 15) is 0 Å². The summed E-state index contributed by atoms with van der Waals surface area (Å²) in [6.07, 6.45) is 0. The van der Waals surface area contributed by atoms with Crippen molar-refractivity contribution in [1.29, 1.82) is 0 Å². The average Bonchev–Trinajstić information content (AvgIpc) is 0.918. The zero-order valence-electron chi connectivity index (χ0n) is 2.76. The quantitative estimate of drug-likeness (QED) is 0.347. The van der Waals surface area contributed by atoms with Crippen molar-refractivity contribution >= 4 is 28.3 Å². The van der Waals surface area contributed by atoms with E-state index >= 15 is 0 Å². The fraction of sp³-hybridized carbons (Fsp3) is 1.00. The van der Waals surface area contributed by atoms with Crippen molar-refractivity contribution in [2.45, 2.75) is 5.05 Å². The first-order chi connectivity index (χ1) is 1.41. The minimum absolute atomic E-state index is 0. The summed E-state index contributed by atoms with van der Waals surface area (Å²) in [5.41, 5.74) is 0. The standard InChI is InChI=1S/CH3.ClH.Cu.HI.Mg/h1H3;1H;;1H;/q;;+1;;+1/p-2. The number of hydrogen-bond acceptors (Lipinski definition) is 0. The molecule has 0 rings (SSSR count). The van der Waals surface area contributed by atoms with Crippen LogP contribution in [0, 0.1) is 0 Å². The molecule has 0 aliphatic rings. The Kier molecular flexibility index (Phi) is 50.9. The van der Waals surface area contributed by atoms with Crippen molar-refractivity contribution in [3.63, 3.8) is 0 Å². The van der Waals surface area contributed by atoms with Gasteiger partial charge in [-0.05, 0) is 0 Å². The minimum Gasteiger partial charge on any atom is -1.00 e. The van der Waals surface area contributed by atoms with Crippen molar-refractivity contribution in [1.82, 2.24) is 0 Å². The van der Waals surface area contributed by atoms with Crippen LogP contribution in [0.25, 0.3) is 0 Å². The third-order valence-corrected chi connectivity index (χ3v) is 0. The van der Waals surface area contributed by atoms with E-state index in [1.807, 2.05) is 5.05 Å². The molecule has 34 valence electrons. The summed E-state index contributed by atoms with van der Waals surface area (Å²) < 4.78 is 0. The molecule has 0 unspecified atom stereocenters. The Morgan fingerprint density at radius 1 is 1.60 bits per heavy atom. The predicted molar refractivity (Wildman–Crippen MR) is 17.5 cm³/mol. The van der Waals surface area contributed by atoms with E-state index in [1.54, 1.807) is 0 Å². The first-order valence-electron chi connectivity index (χ1n) is 0.974. The second-order valence-electron chi connectivity index (χ2n) is 0.267. The van der Waals surface area contributed by atoms with Gasteiger partial charge < -0.3 is 33.0 Å². The molecule has 0 spiro atoms. The average molecular weight is 265 g/mol. The molecular weight excluding hydrogens is 262 g/mol. The summed E-state index contributed by atoms with van der Waals surface area (Å²) in [6.45, 7) is 0. The number of hydrogen-bond donors (Lipinski definition) is 0. The van der Waals surface area contributed by atoms with Crippen LogP contribution in [-0.2, 0) is 17.1 Å². The van der Waals surface area contributed by atoms with Gasteiger partial charge in [-0.3, -0.25) is 0 Å². The largest absolute Gasteiger partial charge is 1.00 e. The first-order valence-corrected chi connectivity index (χ1v) is 4.53. The van der Waals surface area contributed by atoms with Crippen LogP contribution in [0.1, 0.15) is 0 Å². The smallest absolute Gasteiger partial charge is 1.00 e. The predicted octanol–water partition coefficient (Wildman–Crippen LogP) is -2.11. The van der Waals surface area contributed by atoms with Gasteiger partial charge in [-0.25, -0.2) is 0 Å². The van der Waals surface area contributed by atoms with Crippen LogP contribution >= 0.6 is 9.07 Å². The molecule has 0 aliphatic heterocycles. The molecule has 0 aromatic rings. The van der Waals surface area contributed by atoms with E-state index in [1.165, 1.54) is 0 Å². The van der Waals surface area contributed by atoms with Crippen molar-refractivity contribution in [3.05, 3.63) is 0 Å². The third-order valence-electron chi connectivity index (χ3n) is 0. The van der Waals surface area contributed by atoms with Gasteiger partial charge in [0, 0.05) is 0 Å². The van der Waals surface area contributed by atoms with Crippen LogP contribution in [0.2, 0.25) is 5.05 Å². The molecule has 0 aromatic carbocycles. The van der Waals surface area contributed by atoms with E-state index in [0.29, 0.717) is 0 Å². The van der Waals surface area contributed by atoms with Crippen molar-refractivity contribution < 1.29 is 41.0 Å². The molecule has 0 amide bonds. The Morgan fingerprint density at radius 2 is 1.60 bits per heavy atom. The molecule has 0 fully saturated rings. The molecule has 0 radical (unpaired) electrons. The van der Waals surface area contributed by atoms with E-state index in [2.05, 4.69) is 0 Å². The molecular formula is CH3ClCuIMg. The maximum absolute atomic E-state index is 5.14. The van der Waals surface area contributed by atoms with E-state index in [0.717, 1.165) is 0 Å². The maximum atomic E-state index is 5.14. The molecule has 5 heavy (non-hydrogen) atoms. The van der Waals surface area contributed by atoms with Crippen LogP contribution in [0.4, 0.5) is 0 Å². The summed E-state index contributed by atoms with van der Waals surface area (Å²) in [7, 11) is 5.14. The van der Waals surface area contributed by atoms with Gasteiger partial charge in [-0.2, -0.15) is 0 Å². The Bertz CT molecular complexity index is 11.6. The monoisotopic (exact) mass is 264 g/mol. The summed E-state index contributed by atoms with van der Waals surface area (Å²) in [5, 5.41) is 2.03. The van der Waals surface area contributed by atoms with Crippen LogP contribution in [0.15, 0.2) is 0 Å². The fourth-order valence-corrected chi connectivity index (χ4v) is 0. The topological polar surface area (TPSA) is 0 Å². The molecule has 0 bridgehead atoms. The van der Waals surface area contributed by atoms with E-state index < -0.39 is 0 Å². The van der Waals surface area contributed by atoms with Crippen molar-refractivity contribution in [2.75, 3.05) is 0 Å². The summed E-state index contributed by atoms with van der Waals surface area (Å²) >= 11 is -0.111. The second-order valence-corrected chi connectivity index (χ2v) is 2.41. The molecule has 0 nitrogen and oxygen atoms in total. The SMILES string of the molecule is [CH3][Mg][Cl].[Cu+].[I-]. The molecule has 0 saturated carbocycles. The number of rotatable bonds is 0. The Hall–Kier alpha value is 2.31. The first kappa shape index (κ1) is 15.7. The molecule has 0 N–H and O–H groups in total. The van der Waals surface area contributed by atoms with Crippen LogP contribution in [0.5, 0.6) is 0 Å². The Balaban J connectivity index is -0.0000000200. The summed E-state index contributed by atoms with van der Waals surface area (Å²) in [6, 6.07) is 0. The van der Waals surface area contributed by atoms with Gasteiger partial charge in [0.15, 0.2) is 0 Å². The van der Waals surface area contributed by atoms with Crippen molar-refractivity contribution in [2.24, 2.45) is 0 Å². The molecule has 0 aromatic heterocycles. The number of halogens is 2. The van der Waals surface area contributed by atoms with Gasteiger partial charge >= 0.3 is 36.3 Å². The molecule has 0 aliphatic carbocycles. The van der Waals surface area contributed by atoms with Gasteiger partial charge in [0.1, 0.15) is 0 Å². The van der Waals surface area contributed by atoms with Gasteiger partial charge in [-0.1, -0.05) is 0 Å². The van der Waals surface area contributed by atoms with Gasteiger partial charge in [-0.15, -0.1) is 5.05 Å². The molecule has 0 saturated heterocycles. The van der Waals surface area contributed by atoms with Gasteiger partial charge in [0.2, 0.25) is 0 Å². The van der Waals surface area contributed by atoms with E-state index in [-0.39, 0.29) is 60.3 Å². The zero-order valence-corrected chi connectivity index (χ0v) is 8.03. The maximum Gasteiger partial charge on any atom is 1.00 e. The summed E-state index contributed by atoms with van der Waals surface area (Å²) in [5.74, 6) is 0. The second kappa shape index (κ2) is 16.2. The molecule has 4 heteroatoms. The summed E-state index contributed by atoms with van der Waals surface area (Å²) in [4.78, 5) is 0. The van der Waals surface area contributed by atoms with E-state index in [4.69, 9.17) is 9.07 Å². The molecule has 0 heterocycles. The Labute approximate surface area is 73.4 Å². The zero-order chi connectivity index (χ0) is 2.71. The minimum atomic E-state index is -0.111. The van der Waals surface area contributed by atoms with Crippen molar-refractivity contribution in [3.8, 4) is 0 Å². The normalized spacial score (nSPS) is 2.00.